The first-order chi connectivity index (χ1) is 6.72. The lowest BCUT2D eigenvalue weighted by Crippen LogP contribution is -2.11. The largest absolute Gasteiger partial charge is 0.305 e. The topological polar surface area (TPSA) is 28.8 Å². The van der Waals surface area contributed by atoms with Crippen LogP contribution in [0.2, 0.25) is 0 Å². The highest BCUT2D eigenvalue weighted by atomic mass is 32.1. The quantitative estimate of drug-likeness (QED) is 0.686. The van der Waals surface area contributed by atoms with E-state index in [-0.39, 0.29) is 0 Å². The van der Waals surface area contributed by atoms with Crippen LogP contribution in [0.4, 0.5) is 0 Å². The first kappa shape index (κ1) is 9.04. The monoisotopic (exact) mass is 202 g/mol. The van der Waals surface area contributed by atoms with Gasteiger partial charge in [0.05, 0.1) is 16.8 Å². The zero-order valence-corrected chi connectivity index (χ0v) is 8.69. The molecule has 2 rings (SSSR count). The van der Waals surface area contributed by atoms with Crippen molar-refractivity contribution >= 4 is 21.6 Å². The summed E-state index contributed by atoms with van der Waals surface area (Å²) in [6, 6.07) is 6.16. The summed E-state index contributed by atoms with van der Waals surface area (Å²) in [6.45, 7) is 2.52. The third-order valence-corrected chi connectivity index (χ3v) is 3.07. The van der Waals surface area contributed by atoms with Gasteiger partial charge in [-0.05, 0) is 24.6 Å². The van der Waals surface area contributed by atoms with Crippen LogP contribution in [0.1, 0.15) is 5.56 Å². The van der Waals surface area contributed by atoms with E-state index in [2.05, 4.69) is 12.0 Å². The second-order valence-electron chi connectivity index (χ2n) is 3.17. The number of rotatable bonds is 1. The Morgan fingerprint density at radius 3 is 3.07 bits per heavy atom. The van der Waals surface area contributed by atoms with Crippen molar-refractivity contribution in [3.63, 3.8) is 0 Å². The van der Waals surface area contributed by atoms with Crippen molar-refractivity contribution in [2.24, 2.45) is 0 Å². The minimum atomic E-state index is 0.474. The number of fused-ring (bicyclic) bond motifs is 1. The third-order valence-electron chi connectivity index (χ3n) is 2.11. The number of aryl methyl sites for hydroxylation is 1. The highest BCUT2D eigenvalue weighted by Gasteiger charge is 2.03. The smallest absolute Gasteiger partial charge is 0.183 e. The van der Waals surface area contributed by atoms with Gasteiger partial charge in [0.15, 0.2) is 4.80 Å². The predicted octanol–water partition coefficient (Wildman–Crippen LogP) is 2.12. The SMILES string of the molecule is C#CCn1c(=N)sc2cc(C)ccc21. The number of hydrogen-bond donors (Lipinski definition) is 1. The minimum Gasteiger partial charge on any atom is -0.305 e. The fourth-order valence-corrected chi connectivity index (χ4v) is 2.45. The van der Waals surface area contributed by atoms with Crippen LogP contribution in [-0.4, -0.2) is 4.57 Å². The lowest BCUT2D eigenvalue weighted by atomic mass is 10.2. The Labute approximate surface area is 86.3 Å². The Hall–Kier alpha value is -1.53. The Bertz CT molecular complexity index is 569. The lowest BCUT2D eigenvalue weighted by molar-refractivity contribution is 0.828. The number of thiazole rings is 1. The molecule has 1 heterocycles. The molecule has 0 unspecified atom stereocenters. The maximum absolute atomic E-state index is 7.76. The lowest BCUT2D eigenvalue weighted by Gasteiger charge is -1.98. The molecule has 0 amide bonds. The molecule has 2 nitrogen and oxygen atoms in total. The summed E-state index contributed by atoms with van der Waals surface area (Å²) in [6.07, 6.45) is 5.26. The van der Waals surface area contributed by atoms with Gasteiger partial charge in [0.25, 0.3) is 0 Å². The predicted molar refractivity (Wildman–Crippen MR) is 59.2 cm³/mol. The van der Waals surface area contributed by atoms with E-state index in [1.807, 2.05) is 23.6 Å². The maximum Gasteiger partial charge on any atom is 0.183 e. The molecule has 3 heteroatoms. The van der Waals surface area contributed by atoms with E-state index in [1.165, 1.54) is 16.9 Å². The Balaban J connectivity index is 2.79. The molecule has 0 aliphatic heterocycles. The third kappa shape index (κ3) is 1.34. The molecule has 0 radical (unpaired) electrons. The van der Waals surface area contributed by atoms with Gasteiger partial charge in [0.1, 0.15) is 0 Å². The summed E-state index contributed by atoms with van der Waals surface area (Å²) in [5.74, 6) is 2.57. The van der Waals surface area contributed by atoms with Crippen LogP contribution in [-0.2, 0) is 6.54 Å². The molecule has 14 heavy (non-hydrogen) atoms. The molecule has 0 spiro atoms. The van der Waals surface area contributed by atoms with Crippen molar-refractivity contribution in [2.45, 2.75) is 13.5 Å². The van der Waals surface area contributed by atoms with Crippen molar-refractivity contribution in [1.29, 1.82) is 5.41 Å². The molecule has 0 atom stereocenters. The molecule has 0 aliphatic rings. The fourth-order valence-electron chi connectivity index (χ4n) is 1.44. The summed E-state index contributed by atoms with van der Waals surface area (Å²) in [5.41, 5.74) is 2.27. The maximum atomic E-state index is 7.76. The second-order valence-corrected chi connectivity index (χ2v) is 4.20. The number of terminal acetylenes is 1. The molecule has 70 valence electrons. The fraction of sp³-hybridized carbons (Fsp3) is 0.182. The van der Waals surface area contributed by atoms with Gasteiger partial charge in [-0.1, -0.05) is 23.3 Å². The van der Waals surface area contributed by atoms with Gasteiger partial charge in [-0.15, -0.1) is 6.42 Å². The van der Waals surface area contributed by atoms with Crippen molar-refractivity contribution < 1.29 is 0 Å². The number of nitrogens with zero attached hydrogens (tertiary/aromatic N) is 1. The highest BCUT2D eigenvalue weighted by molar-refractivity contribution is 7.16. The molecular formula is C11H10N2S. The van der Waals surface area contributed by atoms with Crippen LogP contribution >= 0.6 is 11.3 Å². The average molecular weight is 202 g/mol. The van der Waals surface area contributed by atoms with Crippen LogP contribution in [0.3, 0.4) is 0 Å². The number of hydrogen-bond acceptors (Lipinski definition) is 2. The summed E-state index contributed by atoms with van der Waals surface area (Å²) in [4.78, 5) is 0.517. The minimum absolute atomic E-state index is 0.474. The van der Waals surface area contributed by atoms with Gasteiger partial charge in [0, 0.05) is 0 Å². The molecule has 1 N–H and O–H groups in total. The average Bonchev–Trinajstić information content (AvgIpc) is 2.43. The van der Waals surface area contributed by atoms with Gasteiger partial charge in [-0.25, -0.2) is 0 Å². The first-order valence-electron chi connectivity index (χ1n) is 4.30. The van der Waals surface area contributed by atoms with E-state index in [0.29, 0.717) is 11.3 Å². The normalized spacial score (nSPS) is 10.3. The van der Waals surface area contributed by atoms with Crippen molar-refractivity contribution in [1.82, 2.24) is 4.57 Å². The number of benzene rings is 1. The molecule has 0 bridgehead atoms. The Morgan fingerprint density at radius 2 is 2.36 bits per heavy atom. The summed E-state index contributed by atoms with van der Waals surface area (Å²) < 4.78 is 2.98. The second kappa shape index (κ2) is 3.32. The van der Waals surface area contributed by atoms with Gasteiger partial charge in [0.2, 0.25) is 0 Å². The van der Waals surface area contributed by atoms with Crippen LogP contribution < -0.4 is 4.80 Å². The molecule has 0 saturated heterocycles. The molecular weight excluding hydrogens is 192 g/mol. The van der Waals surface area contributed by atoms with E-state index < -0.39 is 0 Å². The summed E-state index contributed by atoms with van der Waals surface area (Å²) >= 11 is 1.47. The van der Waals surface area contributed by atoms with E-state index in [0.717, 1.165) is 10.2 Å². The molecule has 2 aromatic rings. The first-order valence-corrected chi connectivity index (χ1v) is 5.12. The van der Waals surface area contributed by atoms with Crippen LogP contribution in [0.25, 0.3) is 10.2 Å². The van der Waals surface area contributed by atoms with Crippen molar-refractivity contribution in [2.75, 3.05) is 0 Å². The van der Waals surface area contributed by atoms with Crippen molar-refractivity contribution in [3.05, 3.63) is 28.6 Å². The standard InChI is InChI=1S/C11H10N2S/c1-3-6-13-9-5-4-8(2)7-10(9)14-11(13)12/h1,4-5,7,12H,6H2,2H3. The van der Waals surface area contributed by atoms with E-state index in [9.17, 15) is 0 Å². The van der Waals surface area contributed by atoms with Gasteiger partial charge < -0.3 is 4.57 Å². The van der Waals surface area contributed by atoms with Gasteiger partial charge >= 0.3 is 0 Å². The Kier molecular flexibility index (Phi) is 2.14. The highest BCUT2D eigenvalue weighted by Crippen LogP contribution is 2.18. The molecule has 0 fully saturated rings. The Morgan fingerprint density at radius 1 is 1.57 bits per heavy atom. The van der Waals surface area contributed by atoms with Crippen LogP contribution in [0.15, 0.2) is 18.2 Å². The van der Waals surface area contributed by atoms with Crippen LogP contribution in [0, 0.1) is 24.7 Å². The van der Waals surface area contributed by atoms with Gasteiger partial charge in [-0.3, -0.25) is 5.41 Å². The van der Waals surface area contributed by atoms with E-state index in [1.54, 1.807) is 0 Å². The molecule has 1 aromatic heterocycles. The summed E-state index contributed by atoms with van der Waals surface area (Å²) in [5, 5.41) is 7.76. The molecule has 0 aliphatic carbocycles. The summed E-state index contributed by atoms with van der Waals surface area (Å²) in [7, 11) is 0. The zero-order valence-electron chi connectivity index (χ0n) is 7.87. The van der Waals surface area contributed by atoms with Crippen molar-refractivity contribution in [3.8, 4) is 12.3 Å². The van der Waals surface area contributed by atoms with E-state index in [4.69, 9.17) is 11.8 Å². The number of aromatic nitrogens is 1. The van der Waals surface area contributed by atoms with Crippen LogP contribution in [0.5, 0.6) is 0 Å². The molecule has 1 aromatic carbocycles. The van der Waals surface area contributed by atoms with Gasteiger partial charge in [-0.2, -0.15) is 0 Å². The zero-order chi connectivity index (χ0) is 10.1. The van der Waals surface area contributed by atoms with E-state index >= 15 is 0 Å². The molecule has 0 saturated carbocycles. The number of nitrogens with one attached hydrogen (secondary N) is 1.